The summed E-state index contributed by atoms with van der Waals surface area (Å²) in [5.41, 5.74) is 1.95. The quantitative estimate of drug-likeness (QED) is 0.126. The first-order valence-electron chi connectivity index (χ1n) is 12.7. The first-order chi connectivity index (χ1) is 18.2. The number of esters is 1. The fourth-order valence-electron chi connectivity index (χ4n) is 4.64. The molecule has 0 spiro atoms. The van der Waals surface area contributed by atoms with E-state index in [0.29, 0.717) is 19.6 Å². The van der Waals surface area contributed by atoms with Crippen molar-refractivity contribution in [2.24, 2.45) is 0 Å². The fraction of sp³-hybridized carbons (Fsp3) is 0.219. The number of carbonyl (C=O) groups excluding carboxylic acids is 1. The van der Waals surface area contributed by atoms with Gasteiger partial charge in [-0.05, 0) is 45.0 Å². The van der Waals surface area contributed by atoms with Crippen molar-refractivity contribution in [2.45, 2.75) is 25.6 Å². The minimum Gasteiger partial charge on any atom is -0.461 e. The summed E-state index contributed by atoms with van der Waals surface area (Å²) in [6.07, 6.45) is 0.168. The molecule has 0 aliphatic carbocycles. The molecule has 5 heteroatoms. The van der Waals surface area contributed by atoms with Gasteiger partial charge in [0.05, 0.1) is 12.7 Å². The molecule has 0 aliphatic heterocycles. The van der Waals surface area contributed by atoms with E-state index in [-0.39, 0.29) is 25.6 Å². The molecule has 0 saturated heterocycles. The molecule has 0 bridgehead atoms. The molecule has 2 N–H and O–H groups in total. The summed E-state index contributed by atoms with van der Waals surface area (Å²) in [5.74, 6) is -0.245. The minimum atomic E-state index is -0.674. The van der Waals surface area contributed by atoms with Crippen LogP contribution in [0, 0.1) is 0 Å². The van der Waals surface area contributed by atoms with Gasteiger partial charge < -0.3 is 19.9 Å². The molecule has 37 heavy (non-hydrogen) atoms. The highest BCUT2D eigenvalue weighted by Gasteiger charge is 2.11. The average Bonchev–Trinajstić information content (AvgIpc) is 2.95. The van der Waals surface area contributed by atoms with Gasteiger partial charge in [0.2, 0.25) is 0 Å². The first-order valence-corrected chi connectivity index (χ1v) is 12.7. The molecule has 0 amide bonds. The molecule has 5 aromatic rings. The number of aliphatic hydroxyl groups excluding tert-OH is 1. The monoisotopic (exact) mass is 493 g/mol. The fourth-order valence-corrected chi connectivity index (χ4v) is 4.64. The van der Waals surface area contributed by atoms with Crippen LogP contribution in [0.5, 0.6) is 0 Å². The maximum Gasteiger partial charge on any atom is 0.306 e. The Morgan fingerprint density at radius 2 is 1.49 bits per heavy atom. The molecule has 0 radical (unpaired) electrons. The molecule has 0 aromatic heterocycles. The van der Waals surface area contributed by atoms with Crippen LogP contribution in [0.4, 0.5) is 5.69 Å². The second-order valence-electron chi connectivity index (χ2n) is 9.21. The Bertz CT molecular complexity index is 1500. The summed E-state index contributed by atoms with van der Waals surface area (Å²) in [5, 5.41) is 21.0. The number of benzene rings is 5. The van der Waals surface area contributed by atoms with Crippen LogP contribution in [0.25, 0.3) is 32.3 Å². The SMILES string of the molecule is O=C(CCCOCC(O)CNc1cc2c3ccccc3ccc2c2ccccc12)OCc1ccccc1. The Morgan fingerprint density at radius 3 is 2.32 bits per heavy atom. The number of carbonyl (C=O) groups is 1. The van der Waals surface area contributed by atoms with Gasteiger partial charge in [-0.2, -0.15) is 0 Å². The maximum absolute atomic E-state index is 11.9. The molecule has 188 valence electrons. The minimum absolute atomic E-state index is 0.195. The summed E-state index contributed by atoms with van der Waals surface area (Å²) >= 11 is 0. The predicted molar refractivity (Wildman–Crippen MR) is 150 cm³/mol. The number of hydrogen-bond donors (Lipinski definition) is 2. The smallest absolute Gasteiger partial charge is 0.306 e. The summed E-state index contributed by atoms with van der Waals surface area (Å²) in [4.78, 5) is 11.9. The molecular weight excluding hydrogens is 462 g/mol. The average molecular weight is 494 g/mol. The normalized spacial score (nSPS) is 12.1. The molecular formula is C32H31NO4. The van der Waals surface area contributed by atoms with Crippen LogP contribution < -0.4 is 5.32 Å². The van der Waals surface area contributed by atoms with Crippen molar-refractivity contribution in [1.82, 2.24) is 0 Å². The molecule has 5 nitrogen and oxygen atoms in total. The zero-order chi connectivity index (χ0) is 25.5. The summed E-state index contributed by atoms with van der Waals surface area (Å²) < 4.78 is 10.9. The van der Waals surface area contributed by atoms with Gasteiger partial charge in [0.1, 0.15) is 6.61 Å². The van der Waals surface area contributed by atoms with Gasteiger partial charge in [-0.15, -0.1) is 0 Å². The number of rotatable bonds is 11. The van der Waals surface area contributed by atoms with Gasteiger partial charge in [0.15, 0.2) is 0 Å². The zero-order valence-corrected chi connectivity index (χ0v) is 20.7. The first kappa shape index (κ1) is 24.8. The van der Waals surface area contributed by atoms with Crippen molar-refractivity contribution in [3.05, 3.63) is 103 Å². The Balaban J connectivity index is 1.13. The van der Waals surface area contributed by atoms with E-state index in [1.807, 2.05) is 36.4 Å². The van der Waals surface area contributed by atoms with Gasteiger partial charge in [-0.25, -0.2) is 0 Å². The number of hydrogen-bond acceptors (Lipinski definition) is 5. The van der Waals surface area contributed by atoms with Gasteiger partial charge in [0.25, 0.3) is 0 Å². The summed E-state index contributed by atoms with van der Waals surface area (Å²) in [6, 6.07) is 32.9. The number of aliphatic hydroxyl groups is 1. The van der Waals surface area contributed by atoms with E-state index >= 15 is 0 Å². The van der Waals surface area contributed by atoms with Gasteiger partial charge in [0, 0.05) is 30.6 Å². The van der Waals surface area contributed by atoms with Gasteiger partial charge in [-0.1, -0.05) is 91.0 Å². The van der Waals surface area contributed by atoms with E-state index in [0.717, 1.165) is 16.6 Å². The Hall–Kier alpha value is -3.93. The largest absolute Gasteiger partial charge is 0.461 e. The highest BCUT2D eigenvalue weighted by Crippen LogP contribution is 2.35. The standard InChI is InChI=1S/C32H31NO4/c34-25(22-36-18-8-15-32(35)37-21-23-9-2-1-3-10-23)20-33-31-19-30-26-12-5-4-11-24(26)16-17-28(30)27-13-6-7-14-29(27)31/h1-7,9-14,16-17,19,25,33-34H,8,15,18,20-22H2. The predicted octanol–water partition coefficient (Wildman–Crippen LogP) is 6.46. The molecule has 1 unspecified atom stereocenters. The van der Waals surface area contributed by atoms with Crippen molar-refractivity contribution in [2.75, 3.05) is 25.1 Å². The second-order valence-corrected chi connectivity index (χ2v) is 9.21. The lowest BCUT2D eigenvalue weighted by Gasteiger charge is -2.17. The molecule has 5 rings (SSSR count). The van der Waals surface area contributed by atoms with Crippen LogP contribution >= 0.6 is 0 Å². The van der Waals surface area contributed by atoms with E-state index in [2.05, 4.69) is 66.0 Å². The second kappa shape index (κ2) is 11.9. The topological polar surface area (TPSA) is 67.8 Å². The third-order valence-electron chi connectivity index (χ3n) is 6.52. The van der Waals surface area contributed by atoms with Gasteiger partial charge >= 0.3 is 5.97 Å². The molecule has 0 saturated carbocycles. The highest BCUT2D eigenvalue weighted by molar-refractivity contribution is 6.20. The lowest BCUT2D eigenvalue weighted by atomic mass is 9.96. The third-order valence-corrected chi connectivity index (χ3v) is 6.52. The number of nitrogens with one attached hydrogen (secondary N) is 1. The lowest BCUT2D eigenvalue weighted by molar-refractivity contribution is -0.145. The summed E-state index contributed by atoms with van der Waals surface area (Å²) in [7, 11) is 0. The Morgan fingerprint density at radius 1 is 0.784 bits per heavy atom. The zero-order valence-electron chi connectivity index (χ0n) is 20.7. The number of ether oxygens (including phenoxy) is 2. The van der Waals surface area contributed by atoms with E-state index in [1.165, 1.54) is 26.9 Å². The number of fused-ring (bicyclic) bond motifs is 5. The third kappa shape index (κ3) is 6.08. The highest BCUT2D eigenvalue weighted by atomic mass is 16.5. The van der Waals surface area contributed by atoms with Crippen molar-refractivity contribution >= 4 is 44.0 Å². The van der Waals surface area contributed by atoms with Crippen LogP contribution in [-0.2, 0) is 20.9 Å². The van der Waals surface area contributed by atoms with E-state index in [9.17, 15) is 9.90 Å². The molecule has 5 aromatic carbocycles. The molecule has 0 aliphatic rings. The van der Waals surface area contributed by atoms with Crippen molar-refractivity contribution in [3.63, 3.8) is 0 Å². The molecule has 0 fully saturated rings. The van der Waals surface area contributed by atoms with E-state index in [4.69, 9.17) is 9.47 Å². The van der Waals surface area contributed by atoms with Crippen LogP contribution in [0.3, 0.4) is 0 Å². The van der Waals surface area contributed by atoms with E-state index in [1.54, 1.807) is 0 Å². The van der Waals surface area contributed by atoms with Gasteiger partial charge in [-0.3, -0.25) is 4.79 Å². The Labute approximate surface area is 216 Å². The maximum atomic E-state index is 11.9. The molecule has 0 heterocycles. The lowest BCUT2D eigenvalue weighted by Crippen LogP contribution is -2.25. The van der Waals surface area contributed by atoms with Crippen LogP contribution in [0.15, 0.2) is 97.1 Å². The van der Waals surface area contributed by atoms with Crippen LogP contribution in [-0.4, -0.2) is 36.9 Å². The van der Waals surface area contributed by atoms with Crippen molar-refractivity contribution < 1.29 is 19.4 Å². The van der Waals surface area contributed by atoms with Crippen LogP contribution in [0.1, 0.15) is 18.4 Å². The molecule has 1 atom stereocenters. The summed E-state index contributed by atoms with van der Waals surface area (Å²) in [6.45, 7) is 1.23. The Kier molecular flexibility index (Phi) is 7.94. The van der Waals surface area contributed by atoms with Crippen LogP contribution in [0.2, 0.25) is 0 Å². The van der Waals surface area contributed by atoms with Crippen molar-refractivity contribution in [3.8, 4) is 0 Å². The van der Waals surface area contributed by atoms with E-state index < -0.39 is 6.10 Å². The number of anilines is 1. The van der Waals surface area contributed by atoms with Crippen molar-refractivity contribution in [1.29, 1.82) is 0 Å².